The van der Waals surface area contributed by atoms with Crippen LogP contribution in [0.15, 0.2) is 0 Å². The van der Waals surface area contributed by atoms with Crippen LogP contribution in [0.2, 0.25) is 0 Å². The van der Waals surface area contributed by atoms with E-state index in [1.54, 1.807) is 0 Å². The molecule has 8 heteroatoms. The molecule has 122 valence electrons. The predicted molar refractivity (Wildman–Crippen MR) is 76.8 cm³/mol. The first-order chi connectivity index (χ1) is 9.43. The Labute approximate surface area is 121 Å². The third-order valence-electron chi connectivity index (χ3n) is 2.21. The van der Waals surface area contributed by atoms with Crippen molar-refractivity contribution in [1.82, 2.24) is 5.32 Å². The summed E-state index contributed by atoms with van der Waals surface area (Å²) in [6.45, 7) is 7.25. The number of phosphoric ester groups is 1. The van der Waals surface area contributed by atoms with Gasteiger partial charge in [-0.15, -0.1) is 0 Å². The van der Waals surface area contributed by atoms with Gasteiger partial charge in [-0.25, -0.2) is 4.57 Å². The fraction of sp³-hybridized carbons (Fsp3) is 1.00. The predicted octanol–water partition coefficient (Wildman–Crippen LogP) is 1.56. The molecule has 0 amide bonds. The molecule has 0 rings (SSSR count). The Hall–Kier alpha value is -0.0100. The fourth-order valence-electron chi connectivity index (χ4n) is 1.24. The zero-order valence-electron chi connectivity index (χ0n) is 12.8. The minimum Gasteiger partial charge on any atom is -0.388 e. The summed E-state index contributed by atoms with van der Waals surface area (Å²) in [6, 6.07) is 0.319. The van der Waals surface area contributed by atoms with Crippen molar-refractivity contribution in [3.8, 4) is 0 Å². The number of phosphoric acid groups is 1. The standard InChI is InChI=1S/C12H28NO6P/c1-5-7-17-9-12(14)10-19-20(15,16-4)18-8-6-13-11(2)3/h11-14H,5-10H2,1-4H3. The highest BCUT2D eigenvalue weighted by Gasteiger charge is 2.26. The van der Waals surface area contributed by atoms with Gasteiger partial charge < -0.3 is 15.2 Å². The average molecular weight is 313 g/mol. The Bertz CT molecular complexity index is 277. The van der Waals surface area contributed by atoms with Crippen LogP contribution < -0.4 is 5.32 Å². The molecule has 2 N–H and O–H groups in total. The monoisotopic (exact) mass is 313 g/mol. The molecule has 0 aromatic carbocycles. The SMILES string of the molecule is CCCOCC(O)COP(=O)(OC)OCCNC(C)C. The number of aliphatic hydroxyl groups is 1. The van der Waals surface area contributed by atoms with Gasteiger partial charge in [0.2, 0.25) is 0 Å². The molecule has 0 aliphatic heterocycles. The molecule has 0 saturated heterocycles. The highest BCUT2D eigenvalue weighted by atomic mass is 31.2. The van der Waals surface area contributed by atoms with Crippen LogP contribution in [0.5, 0.6) is 0 Å². The minimum atomic E-state index is -3.61. The van der Waals surface area contributed by atoms with Gasteiger partial charge in [-0.1, -0.05) is 20.8 Å². The topological polar surface area (TPSA) is 86.2 Å². The molecule has 20 heavy (non-hydrogen) atoms. The first-order valence-electron chi connectivity index (χ1n) is 6.87. The molecule has 0 heterocycles. The maximum absolute atomic E-state index is 12.0. The second-order valence-electron chi connectivity index (χ2n) is 4.60. The van der Waals surface area contributed by atoms with E-state index in [1.165, 1.54) is 7.11 Å². The summed E-state index contributed by atoms with van der Waals surface area (Å²) >= 11 is 0. The third-order valence-corrected chi connectivity index (χ3v) is 3.62. The summed E-state index contributed by atoms with van der Waals surface area (Å²) < 4.78 is 32.1. The Morgan fingerprint density at radius 3 is 2.45 bits per heavy atom. The van der Waals surface area contributed by atoms with E-state index < -0.39 is 13.9 Å². The molecule has 0 aliphatic rings. The second kappa shape index (κ2) is 11.6. The molecule has 2 unspecified atom stereocenters. The van der Waals surface area contributed by atoms with Crippen molar-refractivity contribution in [2.24, 2.45) is 0 Å². The number of rotatable bonds is 13. The Morgan fingerprint density at radius 1 is 1.20 bits per heavy atom. The largest absolute Gasteiger partial charge is 0.474 e. The Balaban J connectivity index is 3.89. The number of aliphatic hydroxyl groups excluding tert-OH is 1. The van der Waals surface area contributed by atoms with Crippen molar-refractivity contribution < 1.29 is 28.0 Å². The second-order valence-corrected chi connectivity index (χ2v) is 6.37. The zero-order valence-corrected chi connectivity index (χ0v) is 13.7. The fourth-order valence-corrected chi connectivity index (χ4v) is 2.19. The molecule has 0 saturated carbocycles. The van der Waals surface area contributed by atoms with Gasteiger partial charge >= 0.3 is 7.82 Å². The van der Waals surface area contributed by atoms with E-state index in [9.17, 15) is 9.67 Å². The molecule has 0 spiro atoms. The molecule has 0 aromatic rings. The first-order valence-corrected chi connectivity index (χ1v) is 8.33. The lowest BCUT2D eigenvalue weighted by molar-refractivity contribution is 0.00164. The van der Waals surface area contributed by atoms with Gasteiger partial charge in [0.25, 0.3) is 0 Å². The number of nitrogens with one attached hydrogen (secondary N) is 1. The van der Waals surface area contributed by atoms with E-state index in [0.717, 1.165) is 6.42 Å². The van der Waals surface area contributed by atoms with Crippen LogP contribution in [-0.2, 0) is 22.9 Å². The molecular formula is C12H28NO6P. The van der Waals surface area contributed by atoms with Gasteiger partial charge in [-0.05, 0) is 6.42 Å². The molecular weight excluding hydrogens is 285 g/mol. The maximum Gasteiger partial charge on any atom is 0.474 e. The van der Waals surface area contributed by atoms with E-state index in [-0.39, 0.29) is 19.8 Å². The molecule has 7 nitrogen and oxygen atoms in total. The van der Waals surface area contributed by atoms with Crippen LogP contribution >= 0.6 is 7.82 Å². The van der Waals surface area contributed by atoms with Crippen LogP contribution in [0, 0.1) is 0 Å². The van der Waals surface area contributed by atoms with E-state index in [0.29, 0.717) is 19.2 Å². The molecule has 0 radical (unpaired) electrons. The third kappa shape index (κ3) is 10.7. The lowest BCUT2D eigenvalue weighted by Gasteiger charge is -2.18. The van der Waals surface area contributed by atoms with Gasteiger partial charge in [0.15, 0.2) is 0 Å². The normalized spacial score (nSPS) is 16.3. The summed E-state index contributed by atoms with van der Waals surface area (Å²) in [5.41, 5.74) is 0. The molecule has 0 bridgehead atoms. The minimum absolute atomic E-state index is 0.131. The Kier molecular flexibility index (Phi) is 11.6. The number of hydrogen-bond donors (Lipinski definition) is 2. The van der Waals surface area contributed by atoms with Crippen LogP contribution in [0.4, 0.5) is 0 Å². The summed E-state index contributed by atoms with van der Waals surface area (Å²) in [5, 5.41) is 12.7. The van der Waals surface area contributed by atoms with Crippen molar-refractivity contribution in [3.05, 3.63) is 0 Å². The van der Waals surface area contributed by atoms with E-state index in [1.807, 2.05) is 20.8 Å². The summed E-state index contributed by atoms with van der Waals surface area (Å²) in [5.74, 6) is 0. The smallest absolute Gasteiger partial charge is 0.388 e. The van der Waals surface area contributed by atoms with Crippen LogP contribution in [0.1, 0.15) is 27.2 Å². The molecule has 0 fully saturated rings. The zero-order chi connectivity index (χ0) is 15.4. The molecule has 0 aliphatic carbocycles. The molecule has 0 aromatic heterocycles. The van der Waals surface area contributed by atoms with Crippen molar-refractivity contribution in [3.63, 3.8) is 0 Å². The van der Waals surface area contributed by atoms with Crippen LogP contribution in [0.25, 0.3) is 0 Å². The number of hydrogen-bond acceptors (Lipinski definition) is 7. The molecule has 2 atom stereocenters. The van der Waals surface area contributed by atoms with Crippen LogP contribution in [-0.4, -0.2) is 57.3 Å². The van der Waals surface area contributed by atoms with Crippen molar-refractivity contribution in [2.45, 2.75) is 39.3 Å². The van der Waals surface area contributed by atoms with Gasteiger partial charge in [-0.3, -0.25) is 13.6 Å². The maximum atomic E-state index is 12.0. The highest BCUT2D eigenvalue weighted by molar-refractivity contribution is 7.48. The lowest BCUT2D eigenvalue weighted by atomic mass is 10.4. The summed E-state index contributed by atoms with van der Waals surface area (Å²) in [4.78, 5) is 0. The summed E-state index contributed by atoms with van der Waals surface area (Å²) in [7, 11) is -2.36. The van der Waals surface area contributed by atoms with Gasteiger partial charge in [-0.2, -0.15) is 0 Å². The average Bonchev–Trinajstić information content (AvgIpc) is 2.41. The van der Waals surface area contributed by atoms with E-state index >= 15 is 0 Å². The van der Waals surface area contributed by atoms with Crippen molar-refractivity contribution in [2.75, 3.05) is 40.1 Å². The quantitative estimate of drug-likeness (QED) is 0.394. The summed E-state index contributed by atoms with van der Waals surface area (Å²) in [6.07, 6.45) is 0.0123. The first kappa shape index (κ1) is 20.0. The number of ether oxygens (including phenoxy) is 1. The van der Waals surface area contributed by atoms with Crippen molar-refractivity contribution in [1.29, 1.82) is 0 Å². The van der Waals surface area contributed by atoms with E-state index in [4.69, 9.17) is 18.3 Å². The van der Waals surface area contributed by atoms with Gasteiger partial charge in [0, 0.05) is 26.3 Å². The van der Waals surface area contributed by atoms with Crippen LogP contribution in [0.3, 0.4) is 0 Å². The highest BCUT2D eigenvalue weighted by Crippen LogP contribution is 2.48. The van der Waals surface area contributed by atoms with E-state index in [2.05, 4.69) is 5.32 Å². The van der Waals surface area contributed by atoms with Gasteiger partial charge in [0.1, 0.15) is 6.10 Å². The van der Waals surface area contributed by atoms with Crippen molar-refractivity contribution >= 4 is 7.82 Å². The Morgan fingerprint density at radius 2 is 1.90 bits per heavy atom. The lowest BCUT2D eigenvalue weighted by Crippen LogP contribution is -2.27. The van der Waals surface area contributed by atoms with Gasteiger partial charge in [0.05, 0.1) is 19.8 Å².